The molecular formula is C15H23BrFNO. The SMILES string of the molecule is CC(C)CNCC(Oc1cc(Br)ccc1F)C(C)C. The Morgan fingerprint density at radius 2 is 1.89 bits per heavy atom. The van der Waals surface area contributed by atoms with Crippen LogP contribution < -0.4 is 10.1 Å². The Kier molecular flexibility index (Phi) is 6.80. The molecule has 0 bridgehead atoms. The zero-order chi connectivity index (χ0) is 14.4. The van der Waals surface area contributed by atoms with Crippen LogP contribution in [0.1, 0.15) is 27.7 Å². The Hall–Kier alpha value is -0.610. The Labute approximate surface area is 123 Å². The summed E-state index contributed by atoms with van der Waals surface area (Å²) in [6.45, 7) is 10.1. The lowest BCUT2D eigenvalue weighted by Crippen LogP contribution is -2.37. The van der Waals surface area contributed by atoms with E-state index in [-0.39, 0.29) is 11.9 Å². The number of hydrogen-bond acceptors (Lipinski definition) is 2. The third-order valence-electron chi connectivity index (χ3n) is 2.81. The molecule has 0 aliphatic rings. The third kappa shape index (κ3) is 5.91. The van der Waals surface area contributed by atoms with Crippen LogP contribution >= 0.6 is 15.9 Å². The number of ether oxygens (including phenoxy) is 1. The molecule has 0 saturated carbocycles. The van der Waals surface area contributed by atoms with Gasteiger partial charge in [-0.15, -0.1) is 0 Å². The van der Waals surface area contributed by atoms with Crippen LogP contribution in [0.25, 0.3) is 0 Å². The van der Waals surface area contributed by atoms with Crippen molar-refractivity contribution >= 4 is 15.9 Å². The molecule has 0 aliphatic carbocycles. The topological polar surface area (TPSA) is 21.3 Å². The van der Waals surface area contributed by atoms with E-state index in [1.165, 1.54) is 6.07 Å². The van der Waals surface area contributed by atoms with Gasteiger partial charge in [-0.05, 0) is 36.6 Å². The first-order valence-electron chi connectivity index (χ1n) is 6.72. The molecule has 0 saturated heterocycles. The average molecular weight is 332 g/mol. The maximum Gasteiger partial charge on any atom is 0.165 e. The highest BCUT2D eigenvalue weighted by Crippen LogP contribution is 2.24. The normalized spacial score (nSPS) is 13.1. The number of benzene rings is 1. The maximum absolute atomic E-state index is 13.7. The van der Waals surface area contributed by atoms with Gasteiger partial charge in [0.15, 0.2) is 11.6 Å². The summed E-state index contributed by atoms with van der Waals surface area (Å²) >= 11 is 3.33. The minimum absolute atomic E-state index is 0.0393. The molecule has 0 aliphatic heterocycles. The Balaban J connectivity index is 2.64. The fourth-order valence-electron chi connectivity index (χ4n) is 1.66. The molecule has 1 N–H and O–H groups in total. The summed E-state index contributed by atoms with van der Waals surface area (Å²) in [4.78, 5) is 0. The van der Waals surface area contributed by atoms with E-state index in [1.54, 1.807) is 12.1 Å². The minimum Gasteiger partial charge on any atom is -0.486 e. The highest BCUT2D eigenvalue weighted by molar-refractivity contribution is 9.10. The van der Waals surface area contributed by atoms with E-state index in [4.69, 9.17) is 4.74 Å². The standard InChI is InChI=1S/C15H23BrFNO/c1-10(2)8-18-9-15(11(3)4)19-14-7-12(16)5-6-13(14)17/h5-7,10-11,15,18H,8-9H2,1-4H3. The van der Waals surface area contributed by atoms with Gasteiger partial charge in [-0.1, -0.05) is 43.6 Å². The van der Waals surface area contributed by atoms with Crippen molar-refractivity contribution in [3.05, 3.63) is 28.5 Å². The van der Waals surface area contributed by atoms with Crippen molar-refractivity contribution in [2.24, 2.45) is 11.8 Å². The molecule has 1 aromatic carbocycles. The van der Waals surface area contributed by atoms with Crippen LogP contribution in [-0.4, -0.2) is 19.2 Å². The highest BCUT2D eigenvalue weighted by atomic mass is 79.9. The minimum atomic E-state index is -0.322. The molecule has 108 valence electrons. The molecule has 19 heavy (non-hydrogen) atoms. The van der Waals surface area contributed by atoms with E-state index in [0.29, 0.717) is 17.6 Å². The first kappa shape index (κ1) is 16.4. The van der Waals surface area contributed by atoms with Gasteiger partial charge in [0.25, 0.3) is 0 Å². The quantitative estimate of drug-likeness (QED) is 0.806. The molecular weight excluding hydrogens is 309 g/mol. The zero-order valence-electron chi connectivity index (χ0n) is 12.0. The number of rotatable bonds is 7. The van der Waals surface area contributed by atoms with Crippen molar-refractivity contribution in [2.45, 2.75) is 33.8 Å². The van der Waals surface area contributed by atoms with Gasteiger partial charge in [0, 0.05) is 11.0 Å². The molecule has 0 radical (unpaired) electrons. The summed E-state index contributed by atoms with van der Waals surface area (Å²) in [6, 6.07) is 4.76. The summed E-state index contributed by atoms with van der Waals surface area (Å²) in [6.07, 6.45) is -0.0393. The summed E-state index contributed by atoms with van der Waals surface area (Å²) in [5.41, 5.74) is 0. The van der Waals surface area contributed by atoms with Crippen molar-refractivity contribution in [3.63, 3.8) is 0 Å². The summed E-state index contributed by atoms with van der Waals surface area (Å²) < 4.78 is 20.3. The Bertz CT molecular complexity index is 396. The molecule has 0 fully saturated rings. The number of halogens is 2. The van der Waals surface area contributed by atoms with Crippen molar-refractivity contribution in [1.82, 2.24) is 5.32 Å². The van der Waals surface area contributed by atoms with E-state index in [1.807, 2.05) is 0 Å². The maximum atomic E-state index is 13.7. The van der Waals surface area contributed by atoms with E-state index < -0.39 is 0 Å². The second kappa shape index (κ2) is 7.85. The van der Waals surface area contributed by atoms with Gasteiger partial charge in [0.2, 0.25) is 0 Å². The molecule has 0 aromatic heterocycles. The van der Waals surface area contributed by atoms with Gasteiger partial charge < -0.3 is 10.1 Å². The van der Waals surface area contributed by atoms with E-state index in [2.05, 4.69) is 48.9 Å². The van der Waals surface area contributed by atoms with E-state index in [0.717, 1.165) is 17.6 Å². The fraction of sp³-hybridized carbons (Fsp3) is 0.600. The van der Waals surface area contributed by atoms with Crippen molar-refractivity contribution in [3.8, 4) is 5.75 Å². The van der Waals surface area contributed by atoms with Crippen LogP contribution in [0.3, 0.4) is 0 Å². The van der Waals surface area contributed by atoms with Gasteiger partial charge in [0.1, 0.15) is 6.10 Å². The van der Waals surface area contributed by atoms with Gasteiger partial charge in [-0.3, -0.25) is 0 Å². The molecule has 1 rings (SSSR count). The Morgan fingerprint density at radius 1 is 1.21 bits per heavy atom. The lowest BCUT2D eigenvalue weighted by Gasteiger charge is -2.24. The first-order chi connectivity index (χ1) is 8.90. The summed E-state index contributed by atoms with van der Waals surface area (Å²) in [5.74, 6) is 0.894. The van der Waals surface area contributed by atoms with Crippen LogP contribution in [0.2, 0.25) is 0 Å². The monoisotopic (exact) mass is 331 g/mol. The van der Waals surface area contributed by atoms with Crippen LogP contribution in [0.15, 0.2) is 22.7 Å². The lowest BCUT2D eigenvalue weighted by atomic mass is 10.1. The highest BCUT2D eigenvalue weighted by Gasteiger charge is 2.17. The number of hydrogen-bond donors (Lipinski definition) is 1. The molecule has 0 amide bonds. The zero-order valence-corrected chi connectivity index (χ0v) is 13.6. The first-order valence-corrected chi connectivity index (χ1v) is 7.52. The number of nitrogens with one attached hydrogen (secondary N) is 1. The summed E-state index contributed by atoms with van der Waals surface area (Å²) in [7, 11) is 0. The molecule has 1 atom stereocenters. The molecule has 0 heterocycles. The van der Waals surface area contributed by atoms with E-state index >= 15 is 0 Å². The van der Waals surface area contributed by atoms with Crippen molar-refractivity contribution in [1.29, 1.82) is 0 Å². The Morgan fingerprint density at radius 3 is 2.47 bits per heavy atom. The predicted molar refractivity (Wildman–Crippen MR) is 81.1 cm³/mol. The molecule has 0 spiro atoms. The average Bonchev–Trinajstić information content (AvgIpc) is 2.31. The third-order valence-corrected chi connectivity index (χ3v) is 3.31. The molecule has 1 unspecified atom stereocenters. The van der Waals surface area contributed by atoms with Gasteiger partial charge in [-0.2, -0.15) is 0 Å². The van der Waals surface area contributed by atoms with Gasteiger partial charge >= 0.3 is 0 Å². The second-order valence-electron chi connectivity index (χ2n) is 5.53. The van der Waals surface area contributed by atoms with Gasteiger partial charge in [0.05, 0.1) is 0 Å². The van der Waals surface area contributed by atoms with Crippen LogP contribution in [0, 0.1) is 17.7 Å². The van der Waals surface area contributed by atoms with Crippen LogP contribution in [0.4, 0.5) is 4.39 Å². The lowest BCUT2D eigenvalue weighted by molar-refractivity contribution is 0.142. The summed E-state index contributed by atoms with van der Waals surface area (Å²) in [5, 5.41) is 3.36. The van der Waals surface area contributed by atoms with Crippen LogP contribution in [-0.2, 0) is 0 Å². The molecule has 4 heteroatoms. The van der Waals surface area contributed by atoms with Crippen LogP contribution in [0.5, 0.6) is 5.75 Å². The fourth-order valence-corrected chi connectivity index (χ4v) is 2.00. The van der Waals surface area contributed by atoms with E-state index in [9.17, 15) is 4.39 Å². The molecule has 2 nitrogen and oxygen atoms in total. The van der Waals surface area contributed by atoms with Crippen molar-refractivity contribution < 1.29 is 9.13 Å². The smallest absolute Gasteiger partial charge is 0.165 e. The molecule has 1 aromatic rings. The predicted octanol–water partition coefficient (Wildman–Crippen LogP) is 4.24. The van der Waals surface area contributed by atoms with Crippen molar-refractivity contribution in [2.75, 3.05) is 13.1 Å². The van der Waals surface area contributed by atoms with Gasteiger partial charge in [-0.25, -0.2) is 4.39 Å². The second-order valence-corrected chi connectivity index (χ2v) is 6.44. The largest absolute Gasteiger partial charge is 0.486 e.